The van der Waals surface area contributed by atoms with Crippen LogP contribution in [0.3, 0.4) is 0 Å². The van der Waals surface area contributed by atoms with Gasteiger partial charge >= 0.3 is 0 Å². The van der Waals surface area contributed by atoms with Gasteiger partial charge in [0.15, 0.2) is 11.5 Å². The second kappa shape index (κ2) is 9.58. The number of fused-ring (bicyclic) bond motifs is 1. The molecule has 0 saturated carbocycles. The second-order valence-electron chi connectivity index (χ2n) is 5.84. The van der Waals surface area contributed by atoms with Crippen molar-refractivity contribution in [1.82, 2.24) is 10.2 Å². The van der Waals surface area contributed by atoms with Crippen LogP contribution in [0.4, 0.5) is 4.79 Å². The topological polar surface area (TPSA) is 103 Å². The maximum atomic E-state index is 12.5. The molecule has 10 heteroatoms. The number of thioether (sulfide) groups is 1. The number of carbonyl (C=O) groups is 3. The highest BCUT2D eigenvalue weighted by Gasteiger charge is 2.34. The number of rotatable bonds is 9. The summed E-state index contributed by atoms with van der Waals surface area (Å²) in [4.78, 5) is 37.7. The highest BCUT2D eigenvalue weighted by Crippen LogP contribution is 2.36. The number of amides is 3. The fourth-order valence-electron chi connectivity index (χ4n) is 2.51. The van der Waals surface area contributed by atoms with E-state index in [1.165, 1.54) is 0 Å². The van der Waals surface area contributed by atoms with E-state index in [-0.39, 0.29) is 37.6 Å². The monoisotopic (exact) mass is 408 g/mol. The van der Waals surface area contributed by atoms with Crippen LogP contribution in [-0.4, -0.2) is 68.8 Å². The van der Waals surface area contributed by atoms with Crippen LogP contribution in [0.2, 0.25) is 0 Å². The van der Waals surface area contributed by atoms with Crippen molar-refractivity contribution in [1.29, 1.82) is 0 Å². The Morgan fingerprint density at radius 1 is 1.29 bits per heavy atom. The molecule has 1 saturated heterocycles. The lowest BCUT2D eigenvalue weighted by atomic mass is 10.2. The molecule has 0 aliphatic carbocycles. The number of imide groups is 1. The van der Waals surface area contributed by atoms with Crippen molar-refractivity contribution < 1.29 is 33.3 Å². The van der Waals surface area contributed by atoms with Gasteiger partial charge in [0.25, 0.3) is 11.1 Å². The van der Waals surface area contributed by atoms with Crippen LogP contribution < -0.4 is 14.8 Å². The minimum atomic E-state index is -0.390. The van der Waals surface area contributed by atoms with E-state index in [4.69, 9.17) is 18.9 Å². The standard InChI is InChI=1S/C18H20N2O7S/c1-24-6-7-25-10-16(21)19-4-5-20-17(22)15(28-18(20)23)9-12-2-3-13-14(8-12)27-11-26-13/h2-3,8-9H,4-7,10-11H2,1H3,(H,19,21)/b15-9-. The summed E-state index contributed by atoms with van der Waals surface area (Å²) in [6.07, 6.45) is 1.63. The molecular weight excluding hydrogens is 388 g/mol. The molecule has 0 spiro atoms. The molecule has 0 radical (unpaired) electrons. The number of benzene rings is 1. The fraction of sp³-hybridized carbons (Fsp3) is 0.389. The average Bonchev–Trinajstić information content (AvgIpc) is 3.24. The van der Waals surface area contributed by atoms with Crippen LogP contribution in [0.1, 0.15) is 5.56 Å². The number of nitrogens with zero attached hydrogens (tertiary/aromatic N) is 1. The molecular formula is C18H20N2O7S. The van der Waals surface area contributed by atoms with E-state index >= 15 is 0 Å². The molecule has 2 heterocycles. The van der Waals surface area contributed by atoms with Gasteiger partial charge in [-0.05, 0) is 35.5 Å². The van der Waals surface area contributed by atoms with Gasteiger partial charge in [-0.2, -0.15) is 0 Å². The fourth-order valence-corrected chi connectivity index (χ4v) is 3.38. The van der Waals surface area contributed by atoms with Crippen LogP contribution in [0.25, 0.3) is 6.08 Å². The minimum absolute atomic E-state index is 0.0902. The highest BCUT2D eigenvalue weighted by atomic mass is 32.2. The van der Waals surface area contributed by atoms with Crippen molar-refractivity contribution in [2.45, 2.75) is 0 Å². The predicted octanol–water partition coefficient (Wildman–Crippen LogP) is 1.23. The van der Waals surface area contributed by atoms with Gasteiger partial charge in [0.05, 0.1) is 18.1 Å². The summed E-state index contributed by atoms with van der Waals surface area (Å²) in [6.45, 7) is 1.03. The SMILES string of the molecule is COCCOCC(=O)NCCN1C(=O)S/C(=C\c2ccc3c(c2)OCO3)C1=O. The Hall–Kier alpha value is -2.56. The Balaban J connectivity index is 1.50. The molecule has 1 N–H and O–H groups in total. The predicted molar refractivity (Wildman–Crippen MR) is 101 cm³/mol. The molecule has 150 valence electrons. The summed E-state index contributed by atoms with van der Waals surface area (Å²) in [5.41, 5.74) is 0.733. The normalized spacial score (nSPS) is 16.9. The molecule has 0 bridgehead atoms. The molecule has 1 aromatic carbocycles. The Kier molecular flexibility index (Phi) is 6.90. The molecule has 3 rings (SSSR count). The number of carbonyl (C=O) groups excluding carboxylic acids is 3. The molecule has 28 heavy (non-hydrogen) atoms. The van der Waals surface area contributed by atoms with Gasteiger partial charge in [-0.25, -0.2) is 0 Å². The molecule has 0 atom stereocenters. The zero-order valence-electron chi connectivity index (χ0n) is 15.3. The van der Waals surface area contributed by atoms with E-state index in [2.05, 4.69) is 5.32 Å². The summed E-state index contributed by atoms with van der Waals surface area (Å²) in [6, 6.07) is 5.29. The summed E-state index contributed by atoms with van der Waals surface area (Å²) in [7, 11) is 1.54. The lowest BCUT2D eigenvalue weighted by Crippen LogP contribution is -2.38. The lowest BCUT2D eigenvalue weighted by molar-refractivity contribution is -0.127. The third-order valence-corrected chi connectivity index (χ3v) is 4.80. The van der Waals surface area contributed by atoms with E-state index in [0.717, 1.165) is 22.2 Å². The molecule has 2 aliphatic heterocycles. The van der Waals surface area contributed by atoms with Crippen LogP contribution in [0.5, 0.6) is 11.5 Å². The van der Waals surface area contributed by atoms with Crippen molar-refractivity contribution in [3.8, 4) is 11.5 Å². The molecule has 1 fully saturated rings. The average molecular weight is 408 g/mol. The van der Waals surface area contributed by atoms with Gasteiger partial charge in [-0.3, -0.25) is 19.3 Å². The van der Waals surface area contributed by atoms with Gasteiger partial charge < -0.3 is 24.3 Å². The number of methoxy groups -OCH3 is 1. The van der Waals surface area contributed by atoms with Crippen LogP contribution >= 0.6 is 11.8 Å². The van der Waals surface area contributed by atoms with Crippen molar-refractivity contribution in [2.24, 2.45) is 0 Å². The lowest BCUT2D eigenvalue weighted by Gasteiger charge is -2.13. The van der Waals surface area contributed by atoms with Crippen molar-refractivity contribution in [3.63, 3.8) is 0 Å². The molecule has 0 unspecified atom stereocenters. The van der Waals surface area contributed by atoms with Gasteiger partial charge in [0.2, 0.25) is 12.7 Å². The van der Waals surface area contributed by atoms with E-state index in [0.29, 0.717) is 29.6 Å². The minimum Gasteiger partial charge on any atom is -0.454 e. The first-order valence-electron chi connectivity index (χ1n) is 8.57. The van der Waals surface area contributed by atoms with Gasteiger partial charge in [-0.15, -0.1) is 0 Å². The zero-order chi connectivity index (χ0) is 19.9. The maximum Gasteiger partial charge on any atom is 0.293 e. The first-order valence-corrected chi connectivity index (χ1v) is 9.38. The second-order valence-corrected chi connectivity index (χ2v) is 6.83. The molecule has 1 aromatic rings. The summed E-state index contributed by atoms with van der Waals surface area (Å²) in [5, 5.41) is 2.24. The van der Waals surface area contributed by atoms with Crippen LogP contribution in [0, 0.1) is 0 Å². The summed E-state index contributed by atoms with van der Waals surface area (Å²) < 4.78 is 20.5. The van der Waals surface area contributed by atoms with Crippen molar-refractivity contribution >= 4 is 34.9 Å². The Bertz CT molecular complexity index is 796. The number of hydrogen-bond acceptors (Lipinski definition) is 8. The van der Waals surface area contributed by atoms with E-state index in [1.807, 2.05) is 0 Å². The van der Waals surface area contributed by atoms with Gasteiger partial charge in [-0.1, -0.05) is 6.07 Å². The van der Waals surface area contributed by atoms with Crippen molar-refractivity contribution in [2.75, 3.05) is 46.8 Å². The third kappa shape index (κ3) is 5.03. The molecule has 9 nitrogen and oxygen atoms in total. The van der Waals surface area contributed by atoms with E-state index in [9.17, 15) is 14.4 Å². The largest absolute Gasteiger partial charge is 0.454 e. The molecule has 0 aromatic heterocycles. The van der Waals surface area contributed by atoms with E-state index < -0.39 is 5.91 Å². The quantitative estimate of drug-likeness (QED) is 0.481. The Labute approximate surface area is 165 Å². The van der Waals surface area contributed by atoms with Gasteiger partial charge in [0.1, 0.15) is 6.61 Å². The third-order valence-electron chi connectivity index (χ3n) is 3.89. The number of hydrogen-bond donors (Lipinski definition) is 1. The maximum absolute atomic E-state index is 12.5. The van der Waals surface area contributed by atoms with Crippen LogP contribution in [0.15, 0.2) is 23.1 Å². The van der Waals surface area contributed by atoms with Crippen molar-refractivity contribution in [3.05, 3.63) is 28.7 Å². The highest BCUT2D eigenvalue weighted by molar-refractivity contribution is 8.18. The first-order chi connectivity index (χ1) is 13.6. The molecule has 2 aliphatic rings. The van der Waals surface area contributed by atoms with Crippen LogP contribution in [-0.2, 0) is 19.1 Å². The zero-order valence-corrected chi connectivity index (χ0v) is 16.1. The smallest absolute Gasteiger partial charge is 0.293 e. The summed E-state index contributed by atoms with van der Waals surface area (Å²) in [5.74, 6) is 0.535. The molecule has 3 amide bonds. The Morgan fingerprint density at radius 2 is 2.11 bits per heavy atom. The van der Waals surface area contributed by atoms with Gasteiger partial charge in [0, 0.05) is 20.2 Å². The Morgan fingerprint density at radius 3 is 2.93 bits per heavy atom. The number of ether oxygens (including phenoxy) is 4. The first kappa shape index (κ1) is 20.2. The number of nitrogens with one attached hydrogen (secondary N) is 1. The van der Waals surface area contributed by atoms with E-state index in [1.54, 1.807) is 31.4 Å². The summed E-state index contributed by atoms with van der Waals surface area (Å²) >= 11 is 0.863.